The molecule has 0 fully saturated rings. The quantitative estimate of drug-likeness (QED) is 0.250. The van der Waals surface area contributed by atoms with Crippen molar-refractivity contribution in [3.05, 3.63) is 117 Å². The van der Waals surface area contributed by atoms with Crippen molar-refractivity contribution in [2.75, 3.05) is 5.01 Å². The SMILES string of the molecule is CC1=NN(c2cccc(S(=O)(=O)NC(=O)c3c(-c4ccc[nH]c4=O)c4cc(Cl)ccc4n3Cc3cc(F)ccc3F)c2)C(=O)C1. The lowest BCUT2D eigenvalue weighted by Crippen LogP contribution is -2.33. The molecule has 0 spiro atoms. The summed E-state index contributed by atoms with van der Waals surface area (Å²) in [5, 5.41) is 5.75. The number of carbonyl (C=O) groups is 2. The predicted octanol–water partition coefficient (Wildman–Crippen LogP) is 5.21. The van der Waals surface area contributed by atoms with Crippen LogP contribution in [0.5, 0.6) is 0 Å². The Morgan fingerprint density at radius 1 is 1.04 bits per heavy atom. The standard InChI is InChI=1S/C31H22ClF2N5O5S/c1-17-12-27(40)39(36-17)21-4-2-5-22(15-21)45(43,44)37-31(42)29-28(23-6-3-11-35-30(23)41)24-14-19(32)7-10-26(24)38(29)16-18-13-20(33)8-9-25(18)34/h2-11,13-15H,12,16H2,1H3,(H,35,41)(H,37,42). The number of amides is 2. The van der Waals surface area contributed by atoms with Crippen molar-refractivity contribution >= 4 is 55.7 Å². The molecule has 228 valence electrons. The molecule has 2 aromatic heterocycles. The number of hydrogen-bond donors (Lipinski definition) is 2. The van der Waals surface area contributed by atoms with Crippen LogP contribution < -0.4 is 15.3 Å². The number of anilines is 1. The Morgan fingerprint density at radius 3 is 2.58 bits per heavy atom. The molecule has 0 saturated carbocycles. The van der Waals surface area contributed by atoms with Gasteiger partial charge in [-0.25, -0.2) is 26.9 Å². The molecule has 2 N–H and O–H groups in total. The third kappa shape index (κ3) is 5.63. The molecule has 5 aromatic rings. The summed E-state index contributed by atoms with van der Waals surface area (Å²) in [6.07, 6.45) is 1.46. The molecule has 45 heavy (non-hydrogen) atoms. The highest BCUT2D eigenvalue weighted by molar-refractivity contribution is 7.90. The van der Waals surface area contributed by atoms with Gasteiger partial charge in [0.25, 0.3) is 27.4 Å². The molecule has 0 atom stereocenters. The number of fused-ring (bicyclic) bond motifs is 1. The number of halogens is 3. The topological polar surface area (TPSA) is 134 Å². The maximum Gasteiger partial charge on any atom is 0.282 e. The van der Waals surface area contributed by atoms with Crippen LogP contribution in [0, 0.1) is 11.6 Å². The minimum Gasteiger partial charge on any atom is -0.331 e. The van der Waals surface area contributed by atoms with Crippen molar-refractivity contribution in [1.29, 1.82) is 0 Å². The van der Waals surface area contributed by atoms with E-state index in [4.69, 9.17) is 11.6 Å². The summed E-state index contributed by atoms with van der Waals surface area (Å²) < 4.78 is 59.6. The van der Waals surface area contributed by atoms with Gasteiger partial charge >= 0.3 is 0 Å². The highest BCUT2D eigenvalue weighted by Crippen LogP contribution is 2.36. The van der Waals surface area contributed by atoms with Gasteiger partial charge in [-0.05, 0) is 73.7 Å². The summed E-state index contributed by atoms with van der Waals surface area (Å²) in [7, 11) is -4.60. The number of nitrogens with zero attached hydrogens (tertiary/aromatic N) is 3. The number of pyridine rings is 1. The van der Waals surface area contributed by atoms with E-state index in [0.717, 1.165) is 23.2 Å². The van der Waals surface area contributed by atoms with E-state index in [1.54, 1.807) is 6.92 Å². The zero-order valence-electron chi connectivity index (χ0n) is 23.3. The van der Waals surface area contributed by atoms with Crippen LogP contribution in [0.3, 0.4) is 0 Å². The number of benzene rings is 3. The molecule has 10 nitrogen and oxygen atoms in total. The molecule has 3 aromatic carbocycles. The van der Waals surface area contributed by atoms with E-state index in [1.165, 1.54) is 65.4 Å². The van der Waals surface area contributed by atoms with E-state index in [1.807, 2.05) is 4.72 Å². The Morgan fingerprint density at radius 2 is 1.84 bits per heavy atom. The molecule has 1 aliphatic rings. The van der Waals surface area contributed by atoms with Crippen molar-refractivity contribution < 1.29 is 26.8 Å². The second kappa shape index (κ2) is 11.4. The van der Waals surface area contributed by atoms with E-state index in [2.05, 4.69) is 10.1 Å². The molecule has 1 aliphatic heterocycles. The normalized spacial score (nSPS) is 13.4. The second-order valence-corrected chi connectivity index (χ2v) is 12.4. The molecule has 3 heterocycles. The summed E-state index contributed by atoms with van der Waals surface area (Å²) >= 11 is 6.30. The molecule has 2 amide bonds. The third-order valence-electron chi connectivity index (χ3n) is 7.18. The van der Waals surface area contributed by atoms with Crippen molar-refractivity contribution in [1.82, 2.24) is 14.3 Å². The Bertz CT molecular complexity index is 2250. The zero-order chi connectivity index (χ0) is 32.0. The first-order chi connectivity index (χ1) is 21.4. The summed E-state index contributed by atoms with van der Waals surface area (Å²) in [5.41, 5.74) is 0.0135. The van der Waals surface area contributed by atoms with Gasteiger partial charge in [-0.1, -0.05) is 17.7 Å². The molecular weight excluding hydrogens is 628 g/mol. The lowest BCUT2D eigenvalue weighted by molar-refractivity contribution is -0.116. The van der Waals surface area contributed by atoms with E-state index in [9.17, 15) is 31.6 Å². The lowest BCUT2D eigenvalue weighted by Gasteiger charge is -2.15. The van der Waals surface area contributed by atoms with Crippen molar-refractivity contribution in [2.24, 2.45) is 5.10 Å². The average molecular weight is 650 g/mol. The smallest absolute Gasteiger partial charge is 0.282 e. The summed E-state index contributed by atoms with van der Waals surface area (Å²) in [5.74, 6) is -3.00. The van der Waals surface area contributed by atoms with Crippen LogP contribution in [0.25, 0.3) is 22.0 Å². The van der Waals surface area contributed by atoms with Crippen LogP contribution in [0.2, 0.25) is 5.02 Å². The number of hydrogen-bond acceptors (Lipinski definition) is 6. The molecule has 6 rings (SSSR count). The zero-order valence-corrected chi connectivity index (χ0v) is 24.9. The highest BCUT2D eigenvalue weighted by Gasteiger charge is 2.30. The minimum absolute atomic E-state index is 0.00792. The largest absolute Gasteiger partial charge is 0.331 e. The van der Waals surface area contributed by atoms with Gasteiger partial charge in [-0.3, -0.25) is 14.4 Å². The molecule has 0 aliphatic carbocycles. The van der Waals surface area contributed by atoms with Crippen LogP contribution in [-0.2, 0) is 21.4 Å². The number of rotatable bonds is 7. The number of nitrogens with one attached hydrogen (secondary N) is 2. The summed E-state index contributed by atoms with van der Waals surface area (Å²) in [6.45, 7) is 1.26. The highest BCUT2D eigenvalue weighted by atomic mass is 35.5. The average Bonchev–Trinajstić information content (AvgIpc) is 3.50. The van der Waals surface area contributed by atoms with Gasteiger partial charge in [0.2, 0.25) is 0 Å². The Balaban J connectivity index is 1.52. The van der Waals surface area contributed by atoms with Crippen LogP contribution >= 0.6 is 11.6 Å². The fourth-order valence-electron chi connectivity index (χ4n) is 5.22. The van der Waals surface area contributed by atoms with E-state index in [0.29, 0.717) is 16.6 Å². The maximum absolute atomic E-state index is 14.9. The lowest BCUT2D eigenvalue weighted by atomic mass is 10.0. The van der Waals surface area contributed by atoms with Crippen LogP contribution in [0.1, 0.15) is 29.4 Å². The van der Waals surface area contributed by atoms with Crippen LogP contribution in [-0.4, -0.2) is 35.5 Å². The van der Waals surface area contributed by atoms with Crippen LogP contribution in [0.4, 0.5) is 14.5 Å². The van der Waals surface area contributed by atoms with Gasteiger partial charge in [0.05, 0.1) is 23.5 Å². The first-order valence-electron chi connectivity index (χ1n) is 13.4. The number of sulfonamides is 1. The number of aromatic nitrogens is 2. The first kappa shape index (κ1) is 29.9. The van der Waals surface area contributed by atoms with Gasteiger partial charge in [0.15, 0.2) is 0 Å². The Kier molecular flexibility index (Phi) is 7.59. The summed E-state index contributed by atoms with van der Waals surface area (Å²) in [6, 6.07) is 15.6. The third-order valence-corrected chi connectivity index (χ3v) is 8.74. The molecule has 14 heteroatoms. The van der Waals surface area contributed by atoms with E-state index in [-0.39, 0.29) is 50.3 Å². The Labute approximate surface area is 259 Å². The minimum atomic E-state index is -4.60. The van der Waals surface area contributed by atoms with Gasteiger partial charge in [0, 0.05) is 44.5 Å². The van der Waals surface area contributed by atoms with Crippen LogP contribution in [0.15, 0.2) is 93.8 Å². The maximum atomic E-state index is 14.9. The molecule has 0 bridgehead atoms. The predicted molar refractivity (Wildman–Crippen MR) is 165 cm³/mol. The molecule has 0 unspecified atom stereocenters. The second-order valence-electron chi connectivity index (χ2n) is 10.3. The van der Waals surface area contributed by atoms with Gasteiger partial charge < -0.3 is 9.55 Å². The monoisotopic (exact) mass is 649 g/mol. The number of hydrazone groups is 1. The number of H-pyrrole nitrogens is 1. The fraction of sp³-hybridized carbons (Fsp3) is 0.0968. The van der Waals surface area contributed by atoms with Crippen molar-refractivity contribution in [2.45, 2.75) is 24.8 Å². The van der Waals surface area contributed by atoms with Gasteiger partial charge in [-0.15, -0.1) is 0 Å². The molecule has 0 radical (unpaired) electrons. The van der Waals surface area contributed by atoms with Gasteiger partial charge in [0.1, 0.15) is 17.3 Å². The van der Waals surface area contributed by atoms with Crippen molar-refractivity contribution in [3.63, 3.8) is 0 Å². The molecular formula is C31H22ClF2N5O5S. The van der Waals surface area contributed by atoms with Gasteiger partial charge in [-0.2, -0.15) is 5.10 Å². The van der Waals surface area contributed by atoms with Crippen molar-refractivity contribution in [3.8, 4) is 11.1 Å². The summed E-state index contributed by atoms with van der Waals surface area (Å²) in [4.78, 5) is 41.6. The number of aromatic amines is 1. The first-order valence-corrected chi connectivity index (χ1v) is 15.3. The Hall–Kier alpha value is -5.14. The fourth-order valence-corrected chi connectivity index (χ4v) is 6.39. The van der Waals surface area contributed by atoms with E-state index < -0.39 is 39.7 Å². The van der Waals surface area contributed by atoms with E-state index >= 15 is 0 Å². The number of carbonyl (C=O) groups excluding carboxylic acids is 2. The molecule has 0 saturated heterocycles.